The van der Waals surface area contributed by atoms with Gasteiger partial charge in [0, 0.05) is 32.3 Å². The quantitative estimate of drug-likeness (QED) is 0.209. The lowest BCUT2D eigenvalue weighted by molar-refractivity contribution is 0.0899. The maximum Gasteiger partial charge on any atom is 0.329 e. The first kappa shape index (κ1) is 25.5. The van der Waals surface area contributed by atoms with Gasteiger partial charge in [0.15, 0.2) is 0 Å². The average Bonchev–Trinajstić information content (AvgIpc) is 3.41. The molecule has 3 aromatic heterocycles. The molecule has 1 aliphatic rings. The van der Waals surface area contributed by atoms with Crippen molar-refractivity contribution in [2.45, 2.75) is 77.6 Å². The molecule has 0 saturated heterocycles. The van der Waals surface area contributed by atoms with Gasteiger partial charge in [-0.25, -0.2) is 9.78 Å². The summed E-state index contributed by atoms with van der Waals surface area (Å²) in [5.41, 5.74) is 4.32. The summed E-state index contributed by atoms with van der Waals surface area (Å²) in [4.78, 5) is 18.9. The van der Waals surface area contributed by atoms with Crippen LogP contribution in [0.3, 0.4) is 0 Å². The zero-order chi connectivity index (χ0) is 26.2. The van der Waals surface area contributed by atoms with E-state index in [-0.39, 0.29) is 11.7 Å². The molecule has 1 aromatic carbocycles. The Morgan fingerprint density at radius 1 is 1.14 bits per heavy atom. The lowest BCUT2D eigenvalue weighted by Crippen LogP contribution is -2.32. The van der Waals surface area contributed by atoms with Crippen molar-refractivity contribution >= 4 is 30.1 Å². The van der Waals surface area contributed by atoms with Crippen LogP contribution >= 0.6 is 0 Å². The number of imidazole rings is 1. The van der Waals surface area contributed by atoms with Gasteiger partial charge in [-0.3, -0.25) is 9.13 Å². The molecule has 0 unspecified atom stereocenters. The average molecular weight is 516 g/mol. The summed E-state index contributed by atoms with van der Waals surface area (Å²) in [5, 5.41) is 10.2. The molecule has 0 N–H and O–H groups in total. The maximum atomic E-state index is 14.0. The molecule has 4 aromatic rings. The fourth-order valence-corrected chi connectivity index (χ4v) is 6.30. The predicted octanol–water partition coefficient (Wildman–Crippen LogP) is 6.14. The topological polar surface area (TPSA) is 77.8 Å². The second-order valence-corrected chi connectivity index (χ2v) is 17.4. The lowest BCUT2D eigenvalue weighted by Gasteiger charge is -2.29. The van der Waals surface area contributed by atoms with Crippen LogP contribution < -0.4 is 5.69 Å². The van der Waals surface area contributed by atoms with E-state index in [0.29, 0.717) is 24.8 Å². The number of benzene rings is 1. The van der Waals surface area contributed by atoms with E-state index in [0.717, 1.165) is 59.5 Å². The second-order valence-electron chi connectivity index (χ2n) is 11.7. The Bertz CT molecular complexity index is 1500. The fraction of sp³-hybridized carbons (Fsp3) is 0.483. The minimum absolute atomic E-state index is 0.0199. The molecule has 0 aliphatic heterocycles. The van der Waals surface area contributed by atoms with Gasteiger partial charge in [0.2, 0.25) is 0 Å². The molecule has 8 heteroatoms. The van der Waals surface area contributed by atoms with Gasteiger partial charge in [-0.15, -0.1) is 0 Å². The third-order valence-corrected chi connectivity index (χ3v) is 9.46. The molecule has 194 valence electrons. The smallest absolute Gasteiger partial charge is 0.329 e. The van der Waals surface area contributed by atoms with Gasteiger partial charge < -0.3 is 9.30 Å². The molecule has 0 amide bonds. The predicted molar refractivity (Wildman–Crippen MR) is 151 cm³/mol. The maximum absolute atomic E-state index is 14.0. The number of fused-ring (bicyclic) bond motifs is 3. The van der Waals surface area contributed by atoms with Gasteiger partial charge in [0.1, 0.15) is 12.4 Å². The van der Waals surface area contributed by atoms with Crippen molar-refractivity contribution in [3.05, 3.63) is 64.3 Å². The summed E-state index contributed by atoms with van der Waals surface area (Å²) in [6, 6.07) is 13.0. The van der Waals surface area contributed by atoms with Crippen molar-refractivity contribution in [2.24, 2.45) is 5.92 Å². The summed E-state index contributed by atoms with van der Waals surface area (Å²) in [6.07, 6.45) is 8.40. The molecular weight excluding hydrogens is 478 g/mol. The molecule has 7 nitrogen and oxygen atoms in total. The molecule has 37 heavy (non-hydrogen) atoms. The third-order valence-electron chi connectivity index (χ3n) is 7.76. The molecule has 3 heterocycles. The molecule has 5 rings (SSSR count). The highest BCUT2D eigenvalue weighted by atomic mass is 28.3. The SMILES string of the molecule is C[C@@H]1CCCC[C@@H]1n1c(=O)n(Cc2ccc(C#N)cc2)c2cnc3c(ccn3COCC[Si](C)(C)C)c21. The van der Waals surface area contributed by atoms with E-state index in [4.69, 9.17) is 15.0 Å². The van der Waals surface area contributed by atoms with Crippen LogP contribution in [0.15, 0.2) is 47.5 Å². The molecule has 2 atom stereocenters. The Morgan fingerprint density at radius 3 is 2.59 bits per heavy atom. The van der Waals surface area contributed by atoms with Gasteiger partial charge in [-0.05, 0) is 48.6 Å². The van der Waals surface area contributed by atoms with Crippen LogP contribution in [0.2, 0.25) is 25.7 Å². The van der Waals surface area contributed by atoms with Crippen molar-refractivity contribution < 1.29 is 4.74 Å². The standard InChI is InChI=1S/C29H37N5O2Si/c1-21-7-5-6-8-25(21)34-27-24-13-14-32(20-36-15-16-37(2,3)4)28(24)31-18-26(27)33(29(34)35)19-23-11-9-22(17-30)10-12-23/h9-14,18,21,25H,5-8,15-16,19-20H2,1-4H3/t21-,25+/m1/s1. The number of rotatable bonds is 8. The largest absolute Gasteiger partial charge is 0.361 e. The van der Waals surface area contributed by atoms with E-state index < -0.39 is 8.07 Å². The van der Waals surface area contributed by atoms with Crippen LogP contribution in [-0.2, 0) is 18.0 Å². The van der Waals surface area contributed by atoms with Gasteiger partial charge >= 0.3 is 5.69 Å². The Hall–Kier alpha value is -3.15. The number of aromatic nitrogens is 4. The zero-order valence-electron chi connectivity index (χ0n) is 22.4. The van der Waals surface area contributed by atoms with Crippen molar-refractivity contribution in [3.8, 4) is 6.07 Å². The first-order valence-electron chi connectivity index (χ1n) is 13.4. The Kier molecular flexibility index (Phi) is 7.10. The molecule has 1 aliphatic carbocycles. The van der Waals surface area contributed by atoms with Gasteiger partial charge in [-0.1, -0.05) is 51.5 Å². The van der Waals surface area contributed by atoms with Crippen molar-refractivity contribution in [1.82, 2.24) is 18.7 Å². The monoisotopic (exact) mass is 515 g/mol. The molecule has 0 radical (unpaired) electrons. The number of hydrogen-bond acceptors (Lipinski definition) is 4. The van der Waals surface area contributed by atoms with E-state index in [9.17, 15) is 4.79 Å². The van der Waals surface area contributed by atoms with Gasteiger partial charge in [-0.2, -0.15) is 5.26 Å². The zero-order valence-corrected chi connectivity index (χ0v) is 23.4. The van der Waals surface area contributed by atoms with E-state index in [1.54, 1.807) is 0 Å². The minimum Gasteiger partial charge on any atom is -0.361 e. The molecule has 1 fully saturated rings. The number of nitriles is 1. The van der Waals surface area contributed by atoms with Gasteiger partial charge in [0.25, 0.3) is 0 Å². The first-order chi connectivity index (χ1) is 17.8. The summed E-state index contributed by atoms with van der Waals surface area (Å²) in [7, 11) is -1.15. The number of nitrogens with zero attached hydrogens (tertiary/aromatic N) is 5. The van der Waals surface area contributed by atoms with E-state index in [1.807, 2.05) is 41.2 Å². The van der Waals surface area contributed by atoms with Crippen molar-refractivity contribution in [3.63, 3.8) is 0 Å². The number of hydrogen-bond donors (Lipinski definition) is 0. The van der Waals surface area contributed by atoms with Crippen LogP contribution in [-0.4, -0.2) is 33.4 Å². The molecular formula is C29H37N5O2Si. The van der Waals surface area contributed by atoms with Crippen LogP contribution in [0.4, 0.5) is 0 Å². The summed E-state index contributed by atoms with van der Waals surface area (Å²) < 4.78 is 12.0. The highest BCUT2D eigenvalue weighted by Gasteiger charge is 2.29. The van der Waals surface area contributed by atoms with Crippen molar-refractivity contribution in [2.75, 3.05) is 6.61 Å². The van der Waals surface area contributed by atoms with Crippen LogP contribution in [0.25, 0.3) is 22.1 Å². The van der Waals surface area contributed by atoms with E-state index in [1.165, 1.54) is 6.42 Å². The minimum atomic E-state index is -1.15. The van der Waals surface area contributed by atoms with Gasteiger partial charge in [0.05, 0.1) is 35.4 Å². The van der Waals surface area contributed by atoms with Crippen molar-refractivity contribution in [1.29, 1.82) is 5.26 Å². The van der Waals surface area contributed by atoms with Crippen LogP contribution in [0, 0.1) is 17.2 Å². The Balaban J connectivity index is 1.58. The molecule has 0 bridgehead atoms. The highest BCUT2D eigenvalue weighted by molar-refractivity contribution is 6.76. The number of pyridine rings is 1. The summed E-state index contributed by atoms with van der Waals surface area (Å²) in [6.45, 7) is 11.0. The third kappa shape index (κ3) is 5.16. The van der Waals surface area contributed by atoms with E-state index in [2.05, 4.69) is 47.8 Å². The molecule has 0 spiro atoms. The summed E-state index contributed by atoms with van der Waals surface area (Å²) >= 11 is 0. The lowest BCUT2D eigenvalue weighted by atomic mass is 9.85. The first-order valence-corrected chi connectivity index (χ1v) is 17.1. The summed E-state index contributed by atoms with van der Waals surface area (Å²) in [5.74, 6) is 0.440. The van der Waals surface area contributed by atoms with Crippen LogP contribution in [0.5, 0.6) is 0 Å². The Morgan fingerprint density at radius 2 is 1.89 bits per heavy atom. The van der Waals surface area contributed by atoms with E-state index >= 15 is 0 Å². The Labute approximate surface area is 219 Å². The van der Waals surface area contributed by atoms with Crippen LogP contribution in [0.1, 0.15) is 49.8 Å². The molecule has 1 saturated carbocycles. The number of ether oxygens (including phenoxy) is 1. The normalized spacial score (nSPS) is 18.5. The fourth-order valence-electron chi connectivity index (χ4n) is 5.55. The highest BCUT2D eigenvalue weighted by Crippen LogP contribution is 2.36. The second kappa shape index (κ2) is 10.3.